The van der Waals surface area contributed by atoms with Gasteiger partial charge in [-0.1, -0.05) is 12.1 Å². The number of anilines is 2. The topological polar surface area (TPSA) is 59.1 Å². The van der Waals surface area contributed by atoms with E-state index in [1.807, 2.05) is 18.2 Å². The summed E-state index contributed by atoms with van der Waals surface area (Å²) in [5.74, 6) is 2.46. The minimum absolute atomic E-state index is 0.569. The van der Waals surface area contributed by atoms with Crippen molar-refractivity contribution in [2.45, 2.75) is 25.3 Å². The highest BCUT2D eigenvalue weighted by Gasteiger charge is 2.21. The van der Waals surface area contributed by atoms with E-state index in [9.17, 15) is 0 Å². The second-order valence-corrected chi connectivity index (χ2v) is 5.21. The number of methoxy groups -OCH3 is 1. The Labute approximate surface area is 124 Å². The van der Waals surface area contributed by atoms with Crippen LogP contribution in [0.25, 0.3) is 0 Å². The Balaban J connectivity index is 1.49. The third kappa shape index (κ3) is 4.08. The van der Waals surface area contributed by atoms with E-state index in [-0.39, 0.29) is 0 Å². The average molecular weight is 284 g/mol. The van der Waals surface area contributed by atoms with E-state index in [0.29, 0.717) is 12.0 Å². The van der Waals surface area contributed by atoms with Crippen LogP contribution in [0, 0.1) is 0 Å². The number of ether oxygens (including phenoxy) is 1. The van der Waals surface area contributed by atoms with Gasteiger partial charge in [-0.25, -0.2) is 4.98 Å². The van der Waals surface area contributed by atoms with Gasteiger partial charge in [-0.05, 0) is 43.0 Å². The van der Waals surface area contributed by atoms with Gasteiger partial charge in [0.1, 0.15) is 11.6 Å². The molecule has 5 nitrogen and oxygen atoms in total. The van der Waals surface area contributed by atoms with Gasteiger partial charge in [-0.3, -0.25) is 0 Å². The molecule has 1 aliphatic rings. The first-order valence-corrected chi connectivity index (χ1v) is 7.30. The SMILES string of the molecule is COc1ccc(CCNc2ccnc(NC3CC3)n2)cc1. The molecule has 1 aromatic carbocycles. The number of nitrogens with zero attached hydrogens (tertiary/aromatic N) is 2. The molecule has 0 unspecified atom stereocenters. The van der Waals surface area contributed by atoms with E-state index in [1.54, 1.807) is 13.3 Å². The molecular weight excluding hydrogens is 264 g/mol. The van der Waals surface area contributed by atoms with Crippen molar-refractivity contribution >= 4 is 11.8 Å². The molecule has 1 heterocycles. The van der Waals surface area contributed by atoms with Crippen molar-refractivity contribution in [3.8, 4) is 5.75 Å². The number of hydrogen-bond acceptors (Lipinski definition) is 5. The lowest BCUT2D eigenvalue weighted by atomic mass is 10.1. The highest BCUT2D eigenvalue weighted by atomic mass is 16.5. The van der Waals surface area contributed by atoms with Crippen LogP contribution >= 0.6 is 0 Å². The Hall–Kier alpha value is -2.30. The lowest BCUT2D eigenvalue weighted by Gasteiger charge is -2.08. The van der Waals surface area contributed by atoms with Gasteiger partial charge >= 0.3 is 0 Å². The largest absolute Gasteiger partial charge is 0.497 e. The van der Waals surface area contributed by atoms with Gasteiger partial charge in [0.05, 0.1) is 7.11 Å². The monoisotopic (exact) mass is 284 g/mol. The standard InChI is InChI=1S/C16H20N4O/c1-21-14-6-2-12(3-7-14)8-10-17-15-9-11-18-16(20-15)19-13-4-5-13/h2-3,6-7,9,11,13H,4-5,8,10H2,1H3,(H2,17,18,19,20). The Bertz CT molecular complexity index is 581. The molecule has 1 aliphatic carbocycles. The van der Waals surface area contributed by atoms with Crippen molar-refractivity contribution in [3.05, 3.63) is 42.1 Å². The fourth-order valence-corrected chi connectivity index (χ4v) is 2.06. The van der Waals surface area contributed by atoms with Gasteiger partial charge in [0.2, 0.25) is 5.95 Å². The Kier molecular flexibility index (Phi) is 4.19. The zero-order chi connectivity index (χ0) is 14.5. The molecule has 2 aromatic rings. The second kappa shape index (κ2) is 6.43. The van der Waals surface area contributed by atoms with Gasteiger partial charge in [0, 0.05) is 18.8 Å². The van der Waals surface area contributed by atoms with Gasteiger partial charge < -0.3 is 15.4 Å². The molecule has 0 spiro atoms. The Morgan fingerprint density at radius 2 is 2.00 bits per heavy atom. The number of benzene rings is 1. The highest BCUT2D eigenvalue weighted by Crippen LogP contribution is 2.23. The molecule has 21 heavy (non-hydrogen) atoms. The van der Waals surface area contributed by atoms with Crippen LogP contribution in [0.3, 0.4) is 0 Å². The van der Waals surface area contributed by atoms with Crippen molar-refractivity contribution < 1.29 is 4.74 Å². The van der Waals surface area contributed by atoms with Crippen LogP contribution in [-0.2, 0) is 6.42 Å². The molecular formula is C16H20N4O. The molecule has 0 saturated heterocycles. The van der Waals surface area contributed by atoms with Crippen LogP contribution in [0.15, 0.2) is 36.5 Å². The van der Waals surface area contributed by atoms with Crippen LogP contribution in [-0.4, -0.2) is 29.7 Å². The number of rotatable bonds is 7. The summed E-state index contributed by atoms with van der Waals surface area (Å²) in [4.78, 5) is 8.69. The average Bonchev–Trinajstić information content (AvgIpc) is 3.32. The summed E-state index contributed by atoms with van der Waals surface area (Å²) in [5, 5.41) is 6.63. The number of nitrogens with one attached hydrogen (secondary N) is 2. The zero-order valence-corrected chi connectivity index (χ0v) is 12.2. The summed E-state index contributed by atoms with van der Waals surface area (Å²) in [6.45, 7) is 0.839. The summed E-state index contributed by atoms with van der Waals surface area (Å²) < 4.78 is 5.15. The van der Waals surface area contributed by atoms with Gasteiger partial charge in [-0.15, -0.1) is 0 Å². The van der Waals surface area contributed by atoms with E-state index >= 15 is 0 Å². The normalized spacial score (nSPS) is 13.8. The van der Waals surface area contributed by atoms with Gasteiger partial charge in [-0.2, -0.15) is 4.98 Å². The molecule has 2 N–H and O–H groups in total. The fourth-order valence-electron chi connectivity index (χ4n) is 2.06. The third-order valence-corrected chi connectivity index (χ3v) is 3.45. The summed E-state index contributed by atoms with van der Waals surface area (Å²) in [7, 11) is 1.68. The van der Waals surface area contributed by atoms with E-state index < -0.39 is 0 Å². The first-order chi connectivity index (χ1) is 10.3. The van der Waals surface area contributed by atoms with E-state index in [2.05, 4.69) is 32.7 Å². The molecule has 1 saturated carbocycles. The zero-order valence-electron chi connectivity index (χ0n) is 12.2. The maximum atomic E-state index is 5.15. The molecule has 110 valence electrons. The molecule has 0 aliphatic heterocycles. The Morgan fingerprint density at radius 1 is 1.19 bits per heavy atom. The van der Waals surface area contributed by atoms with E-state index in [4.69, 9.17) is 4.74 Å². The molecule has 0 atom stereocenters. The number of aromatic nitrogens is 2. The maximum absolute atomic E-state index is 5.15. The molecule has 0 amide bonds. The van der Waals surface area contributed by atoms with E-state index in [0.717, 1.165) is 24.5 Å². The molecule has 0 bridgehead atoms. The van der Waals surface area contributed by atoms with Gasteiger partial charge in [0.25, 0.3) is 0 Å². The summed E-state index contributed by atoms with van der Waals surface area (Å²) in [6.07, 6.45) is 5.17. The quantitative estimate of drug-likeness (QED) is 0.818. The lowest BCUT2D eigenvalue weighted by Crippen LogP contribution is -2.09. The highest BCUT2D eigenvalue weighted by molar-refractivity contribution is 5.40. The van der Waals surface area contributed by atoms with Crippen molar-refractivity contribution in [1.82, 2.24) is 9.97 Å². The maximum Gasteiger partial charge on any atom is 0.224 e. The molecule has 1 fully saturated rings. The molecule has 0 radical (unpaired) electrons. The van der Waals surface area contributed by atoms with Crippen LogP contribution < -0.4 is 15.4 Å². The van der Waals surface area contributed by atoms with Crippen LogP contribution in [0.1, 0.15) is 18.4 Å². The summed E-state index contributed by atoms with van der Waals surface area (Å²) in [6, 6.07) is 10.6. The second-order valence-electron chi connectivity index (χ2n) is 5.21. The van der Waals surface area contributed by atoms with Crippen molar-refractivity contribution in [3.63, 3.8) is 0 Å². The van der Waals surface area contributed by atoms with Crippen molar-refractivity contribution in [1.29, 1.82) is 0 Å². The summed E-state index contributed by atoms with van der Waals surface area (Å²) >= 11 is 0. The first kappa shape index (κ1) is 13.7. The van der Waals surface area contributed by atoms with E-state index in [1.165, 1.54) is 18.4 Å². The molecule has 1 aromatic heterocycles. The predicted octanol–water partition coefficient (Wildman–Crippen LogP) is 2.71. The molecule has 3 rings (SSSR count). The first-order valence-electron chi connectivity index (χ1n) is 7.30. The smallest absolute Gasteiger partial charge is 0.224 e. The van der Waals surface area contributed by atoms with Gasteiger partial charge in [0.15, 0.2) is 0 Å². The number of hydrogen-bond donors (Lipinski definition) is 2. The predicted molar refractivity (Wildman–Crippen MR) is 83.9 cm³/mol. The van der Waals surface area contributed by atoms with Crippen LogP contribution in [0.4, 0.5) is 11.8 Å². The van der Waals surface area contributed by atoms with Crippen molar-refractivity contribution in [2.75, 3.05) is 24.3 Å². The third-order valence-electron chi connectivity index (χ3n) is 3.45. The van der Waals surface area contributed by atoms with Crippen LogP contribution in [0.2, 0.25) is 0 Å². The fraction of sp³-hybridized carbons (Fsp3) is 0.375. The lowest BCUT2D eigenvalue weighted by molar-refractivity contribution is 0.414. The molecule has 5 heteroatoms. The Morgan fingerprint density at radius 3 is 2.71 bits per heavy atom. The van der Waals surface area contributed by atoms with Crippen LogP contribution in [0.5, 0.6) is 5.75 Å². The summed E-state index contributed by atoms with van der Waals surface area (Å²) in [5.41, 5.74) is 1.27. The minimum Gasteiger partial charge on any atom is -0.497 e. The van der Waals surface area contributed by atoms with Crippen molar-refractivity contribution in [2.24, 2.45) is 0 Å². The minimum atomic E-state index is 0.569.